The number of rotatable bonds is 3. The maximum absolute atomic E-state index is 12.4. The Kier molecular flexibility index (Phi) is 3.75. The van der Waals surface area contributed by atoms with Crippen molar-refractivity contribution in [2.24, 2.45) is 0 Å². The standard InChI is InChI=1S/C10H18N2O3S2/c1-5-12(10(2,3)4)17(14,15)9-8(13)7(11)6-16-9/h6,13H,5,11H2,1-4H3. The lowest BCUT2D eigenvalue weighted by Gasteiger charge is -2.33. The lowest BCUT2D eigenvalue weighted by atomic mass is 10.1. The first-order valence-electron chi connectivity index (χ1n) is 5.21. The highest BCUT2D eigenvalue weighted by molar-refractivity contribution is 7.91. The van der Waals surface area contributed by atoms with Crippen molar-refractivity contribution in [3.05, 3.63) is 5.38 Å². The fourth-order valence-corrected chi connectivity index (χ4v) is 4.73. The van der Waals surface area contributed by atoms with Crippen molar-refractivity contribution in [2.75, 3.05) is 12.3 Å². The Morgan fingerprint density at radius 3 is 2.29 bits per heavy atom. The van der Waals surface area contributed by atoms with E-state index in [1.165, 1.54) is 9.69 Å². The van der Waals surface area contributed by atoms with E-state index in [9.17, 15) is 13.5 Å². The number of aromatic hydroxyl groups is 1. The number of nitrogens with zero attached hydrogens (tertiary/aromatic N) is 1. The minimum Gasteiger partial charge on any atom is -0.504 e. The third kappa shape index (κ3) is 2.56. The van der Waals surface area contributed by atoms with Gasteiger partial charge in [0.15, 0.2) is 9.96 Å². The van der Waals surface area contributed by atoms with Crippen LogP contribution < -0.4 is 5.73 Å². The molecular formula is C10H18N2O3S2. The van der Waals surface area contributed by atoms with Gasteiger partial charge in [0.2, 0.25) is 0 Å². The molecule has 1 aromatic heterocycles. The second kappa shape index (κ2) is 4.47. The quantitative estimate of drug-likeness (QED) is 0.883. The molecule has 5 nitrogen and oxygen atoms in total. The van der Waals surface area contributed by atoms with E-state index < -0.39 is 15.6 Å². The van der Waals surface area contributed by atoms with Crippen molar-refractivity contribution in [3.8, 4) is 5.75 Å². The zero-order chi connectivity index (χ0) is 13.4. The van der Waals surface area contributed by atoms with Crippen LogP contribution in [0, 0.1) is 0 Å². The Bertz CT molecular complexity index is 500. The van der Waals surface area contributed by atoms with Crippen molar-refractivity contribution in [2.45, 2.75) is 37.4 Å². The van der Waals surface area contributed by atoms with Crippen LogP contribution in [-0.2, 0) is 10.0 Å². The fourth-order valence-electron chi connectivity index (χ4n) is 1.63. The third-order valence-corrected chi connectivity index (χ3v) is 6.07. The molecule has 0 bridgehead atoms. The molecule has 1 heterocycles. The van der Waals surface area contributed by atoms with Gasteiger partial charge < -0.3 is 10.8 Å². The zero-order valence-corrected chi connectivity index (χ0v) is 12.0. The third-order valence-electron chi connectivity index (χ3n) is 2.32. The molecule has 0 aromatic carbocycles. The molecule has 0 radical (unpaired) electrons. The van der Waals surface area contributed by atoms with E-state index in [4.69, 9.17) is 5.73 Å². The molecular weight excluding hydrogens is 260 g/mol. The van der Waals surface area contributed by atoms with Crippen LogP contribution in [0.5, 0.6) is 5.75 Å². The van der Waals surface area contributed by atoms with Gasteiger partial charge in [0, 0.05) is 17.5 Å². The van der Waals surface area contributed by atoms with Crippen LogP contribution >= 0.6 is 11.3 Å². The van der Waals surface area contributed by atoms with Gasteiger partial charge in [-0.2, -0.15) is 4.31 Å². The molecule has 3 N–H and O–H groups in total. The van der Waals surface area contributed by atoms with Gasteiger partial charge in [-0.1, -0.05) is 6.92 Å². The molecule has 0 aliphatic heterocycles. The largest absolute Gasteiger partial charge is 0.504 e. The molecule has 1 rings (SSSR count). The SMILES string of the molecule is CCN(C(C)(C)C)S(=O)(=O)c1scc(N)c1O. The number of hydrogen-bond acceptors (Lipinski definition) is 5. The van der Waals surface area contributed by atoms with Gasteiger partial charge in [-0.25, -0.2) is 8.42 Å². The van der Waals surface area contributed by atoms with Crippen molar-refractivity contribution in [1.82, 2.24) is 4.31 Å². The zero-order valence-electron chi connectivity index (χ0n) is 10.4. The smallest absolute Gasteiger partial charge is 0.256 e. The van der Waals surface area contributed by atoms with E-state index in [0.29, 0.717) is 6.54 Å². The summed E-state index contributed by atoms with van der Waals surface area (Å²) in [6.07, 6.45) is 0. The summed E-state index contributed by atoms with van der Waals surface area (Å²) in [5.41, 5.74) is 5.02. The monoisotopic (exact) mass is 278 g/mol. The minimum atomic E-state index is -3.70. The van der Waals surface area contributed by atoms with Gasteiger partial charge in [-0.05, 0) is 20.8 Å². The Morgan fingerprint density at radius 1 is 1.47 bits per heavy atom. The predicted molar refractivity (Wildman–Crippen MR) is 69.7 cm³/mol. The van der Waals surface area contributed by atoms with Gasteiger partial charge in [0.05, 0.1) is 5.69 Å². The Morgan fingerprint density at radius 2 is 2.00 bits per heavy atom. The summed E-state index contributed by atoms with van der Waals surface area (Å²) >= 11 is 0.938. The van der Waals surface area contributed by atoms with Crippen molar-refractivity contribution in [3.63, 3.8) is 0 Å². The highest BCUT2D eigenvalue weighted by atomic mass is 32.2. The Balaban J connectivity index is 3.33. The summed E-state index contributed by atoms with van der Waals surface area (Å²) in [6.45, 7) is 7.52. The molecule has 1 aromatic rings. The summed E-state index contributed by atoms with van der Waals surface area (Å²) in [5.74, 6) is -0.349. The lowest BCUT2D eigenvalue weighted by Crippen LogP contribution is -2.45. The maximum atomic E-state index is 12.4. The highest BCUT2D eigenvalue weighted by Crippen LogP contribution is 2.38. The van der Waals surface area contributed by atoms with Crippen LogP contribution in [0.25, 0.3) is 0 Å². The summed E-state index contributed by atoms with van der Waals surface area (Å²) in [7, 11) is -3.70. The van der Waals surface area contributed by atoms with Gasteiger partial charge in [0.25, 0.3) is 10.0 Å². The molecule has 0 atom stereocenters. The molecule has 0 saturated heterocycles. The normalized spacial score (nSPS) is 13.2. The average Bonchev–Trinajstić information content (AvgIpc) is 2.45. The van der Waals surface area contributed by atoms with E-state index in [-0.39, 0.29) is 15.6 Å². The van der Waals surface area contributed by atoms with Crippen LogP contribution in [0.4, 0.5) is 5.69 Å². The lowest BCUT2D eigenvalue weighted by molar-refractivity contribution is 0.259. The first-order chi connectivity index (χ1) is 7.62. The molecule has 0 amide bonds. The summed E-state index contributed by atoms with van der Waals surface area (Å²) < 4.78 is 26.0. The molecule has 0 fully saturated rings. The second-order valence-electron chi connectivity index (χ2n) is 4.67. The van der Waals surface area contributed by atoms with Crippen LogP contribution in [0.15, 0.2) is 9.59 Å². The molecule has 0 aliphatic carbocycles. The van der Waals surface area contributed by atoms with Crippen molar-refractivity contribution in [1.29, 1.82) is 0 Å². The fraction of sp³-hybridized carbons (Fsp3) is 0.600. The van der Waals surface area contributed by atoms with Gasteiger partial charge in [0.1, 0.15) is 0 Å². The van der Waals surface area contributed by atoms with Crippen molar-refractivity contribution >= 4 is 27.0 Å². The number of nitrogens with two attached hydrogens (primary N) is 1. The number of anilines is 1. The second-order valence-corrected chi connectivity index (χ2v) is 7.60. The van der Waals surface area contributed by atoms with E-state index >= 15 is 0 Å². The van der Waals surface area contributed by atoms with Crippen LogP contribution in [0.2, 0.25) is 0 Å². The Hall–Kier alpha value is -0.790. The van der Waals surface area contributed by atoms with Crippen LogP contribution in [-0.4, -0.2) is 29.9 Å². The van der Waals surface area contributed by atoms with E-state index in [0.717, 1.165) is 11.3 Å². The molecule has 0 spiro atoms. The van der Waals surface area contributed by atoms with Crippen molar-refractivity contribution < 1.29 is 13.5 Å². The molecule has 0 aliphatic rings. The Labute approximate surface area is 106 Å². The molecule has 0 saturated carbocycles. The molecule has 0 unspecified atom stereocenters. The minimum absolute atomic E-state index is 0.0909. The van der Waals surface area contributed by atoms with E-state index in [1.54, 1.807) is 6.92 Å². The predicted octanol–water partition coefficient (Wildman–Crippen LogP) is 1.85. The summed E-state index contributed by atoms with van der Waals surface area (Å²) in [5, 5.41) is 11.1. The molecule has 98 valence electrons. The summed E-state index contributed by atoms with van der Waals surface area (Å²) in [6, 6.07) is 0. The topological polar surface area (TPSA) is 83.6 Å². The van der Waals surface area contributed by atoms with Gasteiger partial charge in [-0.3, -0.25) is 0 Å². The van der Waals surface area contributed by atoms with E-state index in [1.807, 2.05) is 20.8 Å². The molecule has 17 heavy (non-hydrogen) atoms. The number of nitrogen functional groups attached to an aromatic ring is 1. The summed E-state index contributed by atoms with van der Waals surface area (Å²) in [4.78, 5) is 0. The maximum Gasteiger partial charge on any atom is 0.256 e. The first-order valence-corrected chi connectivity index (χ1v) is 7.53. The first kappa shape index (κ1) is 14.3. The number of sulfonamides is 1. The molecule has 7 heteroatoms. The highest BCUT2D eigenvalue weighted by Gasteiger charge is 2.35. The van der Waals surface area contributed by atoms with Gasteiger partial charge >= 0.3 is 0 Å². The van der Waals surface area contributed by atoms with E-state index in [2.05, 4.69) is 0 Å². The van der Waals surface area contributed by atoms with Gasteiger partial charge in [-0.15, -0.1) is 11.3 Å². The van der Waals surface area contributed by atoms with Crippen LogP contribution in [0.1, 0.15) is 27.7 Å². The van der Waals surface area contributed by atoms with Crippen LogP contribution in [0.3, 0.4) is 0 Å². The number of thiophene rings is 1. The number of hydrogen-bond donors (Lipinski definition) is 2. The average molecular weight is 278 g/mol.